The molecule has 1 fully saturated rings. The molecule has 2 N–H and O–H groups in total. The molecule has 1 aliphatic heterocycles. The summed E-state index contributed by atoms with van der Waals surface area (Å²) in [6, 6.07) is 8.20. The van der Waals surface area contributed by atoms with Gasteiger partial charge in [-0.05, 0) is 31.7 Å². The molecule has 1 unspecified atom stereocenters. The zero-order chi connectivity index (χ0) is 24.2. The highest BCUT2D eigenvalue weighted by Gasteiger charge is 2.64. The quantitative estimate of drug-likeness (QED) is 0.608. The van der Waals surface area contributed by atoms with Crippen molar-refractivity contribution in [1.82, 2.24) is 10.2 Å². The van der Waals surface area contributed by atoms with Crippen molar-refractivity contribution in [2.75, 3.05) is 13.2 Å². The second-order valence-electron chi connectivity index (χ2n) is 9.30. The number of amides is 2. The van der Waals surface area contributed by atoms with Crippen molar-refractivity contribution in [1.29, 1.82) is 0 Å². The van der Waals surface area contributed by atoms with Gasteiger partial charge >= 0.3 is 18.2 Å². The Kier molecular flexibility index (Phi) is 7.77. The molecule has 0 aliphatic carbocycles. The van der Waals surface area contributed by atoms with E-state index in [1.54, 1.807) is 20.8 Å². The Morgan fingerprint density at radius 1 is 1.19 bits per heavy atom. The maximum atomic E-state index is 12.7. The van der Waals surface area contributed by atoms with Gasteiger partial charge in [0, 0.05) is 0 Å². The summed E-state index contributed by atoms with van der Waals surface area (Å²) in [4.78, 5) is 38.8. The van der Waals surface area contributed by atoms with Crippen molar-refractivity contribution < 1.29 is 33.7 Å². The summed E-state index contributed by atoms with van der Waals surface area (Å²) >= 11 is 0. The molecule has 2 amide bonds. The van der Waals surface area contributed by atoms with Crippen LogP contribution in [0, 0.1) is 5.41 Å². The molecule has 9 heteroatoms. The second kappa shape index (κ2) is 9.77. The molecule has 1 aromatic carbocycles. The highest BCUT2D eigenvalue weighted by atomic mass is 16.6. The van der Waals surface area contributed by atoms with E-state index in [1.807, 2.05) is 51.1 Å². The number of carboxylic acid groups (broad SMARTS) is 1. The lowest BCUT2D eigenvalue weighted by Crippen LogP contribution is -2.71. The molecule has 2 rings (SSSR count). The van der Waals surface area contributed by atoms with Crippen molar-refractivity contribution in [3.05, 3.63) is 35.9 Å². The predicted octanol–water partition coefficient (Wildman–Crippen LogP) is 3.77. The van der Waals surface area contributed by atoms with Gasteiger partial charge in [-0.1, -0.05) is 51.1 Å². The number of hydrogen-bond acceptors (Lipinski definition) is 6. The van der Waals surface area contributed by atoms with Crippen LogP contribution in [0.25, 0.3) is 0 Å². The largest absolute Gasteiger partial charge is 0.466 e. The fraction of sp³-hybridized carbons (Fsp3) is 0.609. The van der Waals surface area contributed by atoms with E-state index < -0.39 is 40.9 Å². The molecule has 9 nitrogen and oxygen atoms in total. The standard InChI is InChI=1S/C23H34N2O7/c1-7-30-18(26)13-17(24-19(27)31-14-16-11-9-8-10-12-16)23(21(2,3)4)15-32-22(5,6)25(23)20(28)29/h8-12,17H,7,13-15H2,1-6H3,(H,24,27)(H,28,29)/t17?,23-/m1/s1. The lowest BCUT2D eigenvalue weighted by atomic mass is 9.67. The number of alkyl carbamates (subject to hydrolysis) is 1. The first-order valence-electron chi connectivity index (χ1n) is 10.6. The first-order chi connectivity index (χ1) is 14.8. The van der Waals surface area contributed by atoms with Crippen LogP contribution in [0.4, 0.5) is 9.59 Å². The topological polar surface area (TPSA) is 114 Å². The lowest BCUT2D eigenvalue weighted by Gasteiger charge is -2.52. The summed E-state index contributed by atoms with van der Waals surface area (Å²) < 4.78 is 16.4. The maximum Gasteiger partial charge on any atom is 0.410 e. The van der Waals surface area contributed by atoms with Gasteiger partial charge in [0.05, 0.1) is 31.2 Å². The van der Waals surface area contributed by atoms with Gasteiger partial charge in [0.2, 0.25) is 0 Å². The molecular formula is C23H34N2O7. The Morgan fingerprint density at radius 2 is 1.81 bits per heavy atom. The summed E-state index contributed by atoms with van der Waals surface area (Å²) in [7, 11) is 0. The zero-order valence-corrected chi connectivity index (χ0v) is 19.6. The van der Waals surface area contributed by atoms with Crippen LogP contribution in [0.15, 0.2) is 30.3 Å². The smallest absolute Gasteiger partial charge is 0.410 e. The third-order valence-electron chi connectivity index (χ3n) is 5.83. The Balaban J connectivity index is 2.40. The van der Waals surface area contributed by atoms with E-state index in [2.05, 4.69) is 5.32 Å². The van der Waals surface area contributed by atoms with Crippen molar-refractivity contribution >= 4 is 18.2 Å². The molecular weight excluding hydrogens is 416 g/mol. The Bertz CT molecular complexity index is 819. The highest BCUT2D eigenvalue weighted by Crippen LogP contribution is 2.48. The normalized spacial score (nSPS) is 21.0. The molecule has 0 bridgehead atoms. The summed E-state index contributed by atoms with van der Waals surface area (Å²) in [5.41, 5.74) is -2.35. The van der Waals surface area contributed by atoms with E-state index in [0.717, 1.165) is 5.56 Å². The molecule has 1 saturated heterocycles. The molecule has 1 aliphatic rings. The van der Waals surface area contributed by atoms with Crippen LogP contribution in [0.1, 0.15) is 53.5 Å². The summed E-state index contributed by atoms with van der Waals surface area (Å²) in [5, 5.41) is 12.8. The molecule has 1 aromatic rings. The molecule has 2 atom stereocenters. The summed E-state index contributed by atoms with van der Waals surface area (Å²) in [5.74, 6) is -0.556. The minimum absolute atomic E-state index is 0.0150. The first kappa shape index (κ1) is 25.5. The van der Waals surface area contributed by atoms with Gasteiger partial charge in [-0.2, -0.15) is 0 Å². The first-order valence-corrected chi connectivity index (χ1v) is 10.6. The summed E-state index contributed by atoms with van der Waals surface area (Å²) in [6.07, 6.45) is -2.22. The van der Waals surface area contributed by atoms with Gasteiger partial charge in [0.1, 0.15) is 12.3 Å². The predicted molar refractivity (Wildman–Crippen MR) is 117 cm³/mol. The monoisotopic (exact) mass is 450 g/mol. The average molecular weight is 451 g/mol. The van der Waals surface area contributed by atoms with E-state index in [1.165, 1.54) is 4.90 Å². The number of nitrogens with one attached hydrogen (secondary N) is 1. The van der Waals surface area contributed by atoms with Gasteiger partial charge in [-0.25, -0.2) is 9.59 Å². The summed E-state index contributed by atoms with van der Waals surface area (Å²) in [6.45, 7) is 10.7. The van der Waals surface area contributed by atoms with E-state index in [9.17, 15) is 19.5 Å². The van der Waals surface area contributed by atoms with E-state index in [4.69, 9.17) is 14.2 Å². The van der Waals surface area contributed by atoms with Gasteiger partial charge in [0.15, 0.2) is 0 Å². The van der Waals surface area contributed by atoms with Crippen LogP contribution in [-0.2, 0) is 25.6 Å². The number of nitrogens with zero attached hydrogens (tertiary/aromatic N) is 1. The molecule has 1 heterocycles. The number of esters is 1. The number of hydrogen-bond donors (Lipinski definition) is 2. The molecule has 0 aromatic heterocycles. The minimum atomic E-state index is -1.26. The van der Waals surface area contributed by atoms with Gasteiger partial charge in [-0.3, -0.25) is 9.69 Å². The number of carbonyl (C=O) groups excluding carboxylic acids is 2. The van der Waals surface area contributed by atoms with Crippen LogP contribution < -0.4 is 5.32 Å². The minimum Gasteiger partial charge on any atom is -0.466 e. The number of ether oxygens (including phenoxy) is 3. The molecule has 0 saturated carbocycles. The van der Waals surface area contributed by atoms with Crippen LogP contribution in [0.3, 0.4) is 0 Å². The molecule has 0 radical (unpaired) electrons. The second-order valence-corrected chi connectivity index (χ2v) is 9.30. The molecule has 0 spiro atoms. The van der Waals surface area contributed by atoms with Crippen LogP contribution >= 0.6 is 0 Å². The zero-order valence-electron chi connectivity index (χ0n) is 19.6. The fourth-order valence-corrected chi connectivity index (χ4v) is 4.26. The number of carbonyl (C=O) groups is 3. The van der Waals surface area contributed by atoms with Crippen LogP contribution in [0.2, 0.25) is 0 Å². The maximum absolute atomic E-state index is 12.7. The van der Waals surface area contributed by atoms with Gasteiger partial charge in [-0.15, -0.1) is 0 Å². The fourth-order valence-electron chi connectivity index (χ4n) is 4.26. The van der Waals surface area contributed by atoms with E-state index in [0.29, 0.717) is 0 Å². The van der Waals surface area contributed by atoms with Crippen molar-refractivity contribution in [3.63, 3.8) is 0 Å². The lowest BCUT2D eigenvalue weighted by molar-refractivity contribution is -0.145. The van der Waals surface area contributed by atoms with Crippen LogP contribution in [0.5, 0.6) is 0 Å². The third kappa shape index (κ3) is 5.32. The van der Waals surface area contributed by atoms with E-state index in [-0.39, 0.29) is 26.2 Å². The number of rotatable bonds is 7. The van der Waals surface area contributed by atoms with Crippen molar-refractivity contribution in [3.8, 4) is 0 Å². The Labute approximate surface area is 189 Å². The van der Waals surface area contributed by atoms with Crippen LogP contribution in [-0.4, -0.2) is 58.7 Å². The number of benzene rings is 1. The van der Waals surface area contributed by atoms with Gasteiger partial charge in [0.25, 0.3) is 0 Å². The Hall–Kier alpha value is -2.81. The SMILES string of the molecule is CCOC(=O)CC(NC(=O)OCc1ccccc1)[C@@]1(C(C)(C)C)COC(C)(C)N1C(=O)O. The van der Waals surface area contributed by atoms with Crippen molar-refractivity contribution in [2.45, 2.75) is 71.9 Å². The van der Waals surface area contributed by atoms with E-state index >= 15 is 0 Å². The highest BCUT2D eigenvalue weighted by molar-refractivity contribution is 5.75. The van der Waals surface area contributed by atoms with Gasteiger partial charge < -0.3 is 24.6 Å². The van der Waals surface area contributed by atoms with Crippen molar-refractivity contribution in [2.24, 2.45) is 5.41 Å². The average Bonchev–Trinajstić information content (AvgIpc) is 2.99. The molecule has 178 valence electrons. The Morgan fingerprint density at radius 3 is 2.34 bits per heavy atom. The third-order valence-corrected chi connectivity index (χ3v) is 5.83. The molecule has 32 heavy (non-hydrogen) atoms.